The Labute approximate surface area is 101 Å². The maximum absolute atomic E-state index is 10.7. The number of aliphatic hydroxyl groups excluding tert-OH is 5. The molecule has 10 nitrogen and oxygen atoms in total. The molecule has 1 rings (SSSR count). The number of hydrogen-bond acceptors (Lipinski definition) is 8. The summed E-state index contributed by atoms with van der Waals surface area (Å²) >= 11 is 0. The lowest BCUT2D eigenvalue weighted by molar-refractivity contribution is -0.295. The normalized spacial score (nSPS) is 39.6. The van der Waals surface area contributed by atoms with Crippen LogP contribution in [-0.2, 0) is 13.8 Å². The van der Waals surface area contributed by atoms with Gasteiger partial charge in [-0.05, 0) is 0 Å². The zero-order valence-corrected chi connectivity index (χ0v) is 9.87. The summed E-state index contributed by atoms with van der Waals surface area (Å²) in [6.07, 6.45) is -10.8. The Morgan fingerprint density at radius 1 is 1.22 bits per heavy atom. The lowest BCUT2D eigenvalue weighted by Crippen LogP contribution is -2.61. The fraction of sp³-hybridized carbons (Fsp3) is 1.00. The van der Waals surface area contributed by atoms with Crippen LogP contribution in [0.25, 0.3) is 0 Å². The molecule has 7 N–H and O–H groups in total. The molecule has 0 radical (unpaired) electrons. The van der Waals surface area contributed by atoms with E-state index < -0.39 is 51.2 Å². The van der Waals surface area contributed by atoms with Crippen molar-refractivity contribution >= 4 is 7.82 Å². The summed E-state index contributed by atoms with van der Waals surface area (Å²) in [5, 5.41) is 46.1. The van der Waals surface area contributed by atoms with E-state index in [1.54, 1.807) is 0 Å². The van der Waals surface area contributed by atoms with Crippen LogP contribution < -0.4 is 0 Å². The zero-order valence-electron chi connectivity index (χ0n) is 8.97. The molecule has 0 saturated carbocycles. The fourth-order valence-electron chi connectivity index (χ4n) is 1.57. The Kier molecular flexibility index (Phi) is 5.21. The van der Waals surface area contributed by atoms with Crippen LogP contribution >= 0.6 is 7.82 Å². The molecule has 1 aliphatic heterocycles. The van der Waals surface area contributed by atoms with Crippen molar-refractivity contribution in [2.75, 3.05) is 6.61 Å². The largest absolute Gasteiger partial charge is 0.470 e. The Hall–Kier alpha value is -0.130. The molecule has 11 heteroatoms. The van der Waals surface area contributed by atoms with E-state index >= 15 is 0 Å². The lowest BCUT2D eigenvalue weighted by atomic mass is 9.96. The van der Waals surface area contributed by atoms with Crippen molar-refractivity contribution in [2.45, 2.75) is 36.8 Å². The van der Waals surface area contributed by atoms with Crippen LogP contribution in [0.4, 0.5) is 0 Å². The topological polar surface area (TPSA) is 177 Å². The van der Waals surface area contributed by atoms with Gasteiger partial charge >= 0.3 is 7.82 Å². The first kappa shape index (κ1) is 15.9. The molecule has 108 valence electrons. The van der Waals surface area contributed by atoms with Gasteiger partial charge < -0.3 is 40.1 Å². The minimum Gasteiger partial charge on any atom is -0.394 e. The van der Waals surface area contributed by atoms with Gasteiger partial charge in [-0.15, -0.1) is 0 Å². The molecule has 0 aromatic heterocycles. The Morgan fingerprint density at radius 3 is 2.22 bits per heavy atom. The van der Waals surface area contributed by atoms with Gasteiger partial charge in [0.05, 0.1) is 6.61 Å². The molecule has 0 unspecified atom stereocenters. The van der Waals surface area contributed by atoms with Crippen molar-refractivity contribution < 1.29 is 49.1 Å². The Balaban J connectivity index is 2.93. The van der Waals surface area contributed by atoms with E-state index in [1.165, 1.54) is 0 Å². The third-order valence-corrected chi connectivity index (χ3v) is 2.94. The quantitative estimate of drug-likeness (QED) is 0.254. The zero-order chi connectivity index (χ0) is 14.1. The molecule has 1 heterocycles. The molecule has 0 amide bonds. The summed E-state index contributed by atoms with van der Waals surface area (Å²) in [6.45, 7) is -0.860. The van der Waals surface area contributed by atoms with Crippen LogP contribution in [-0.4, -0.2) is 78.7 Å². The standard InChI is InChI=1S/C7H15O10P/c8-1-2(9)5-6(17-18(13,14)15)3(10)4(11)7(12)16-5/h2-12H,1H2,(H2,13,14,15)/t2-,3+,4-,5+,6-,7+/m0/s1. The van der Waals surface area contributed by atoms with Crippen molar-refractivity contribution in [1.82, 2.24) is 0 Å². The molecule has 0 aromatic carbocycles. The fourth-order valence-corrected chi connectivity index (χ4v) is 2.13. The van der Waals surface area contributed by atoms with Crippen LogP contribution in [0.1, 0.15) is 0 Å². The minimum absolute atomic E-state index is 0.860. The molecule has 0 bridgehead atoms. The first-order chi connectivity index (χ1) is 8.17. The SMILES string of the molecule is O=P(O)(O)O[C@H]1[C@H](O)[C@H](O)[C@H](O)O[C@@H]1[C@@H](O)CO. The van der Waals surface area contributed by atoms with E-state index in [9.17, 15) is 25.0 Å². The molecular weight excluding hydrogens is 275 g/mol. The summed E-state index contributed by atoms with van der Waals surface area (Å²) in [7, 11) is -5.03. The third kappa shape index (κ3) is 3.68. The first-order valence-corrected chi connectivity index (χ1v) is 6.43. The van der Waals surface area contributed by atoms with Crippen molar-refractivity contribution in [3.63, 3.8) is 0 Å². The van der Waals surface area contributed by atoms with Crippen LogP contribution in [0.15, 0.2) is 0 Å². The smallest absolute Gasteiger partial charge is 0.394 e. The van der Waals surface area contributed by atoms with Gasteiger partial charge in [-0.25, -0.2) is 4.57 Å². The van der Waals surface area contributed by atoms with Gasteiger partial charge in [-0.1, -0.05) is 0 Å². The maximum atomic E-state index is 10.7. The summed E-state index contributed by atoms with van der Waals surface area (Å²) < 4.78 is 19.5. The predicted octanol–water partition coefficient (Wildman–Crippen LogP) is -3.74. The highest BCUT2D eigenvalue weighted by atomic mass is 31.2. The average Bonchev–Trinajstić information content (AvgIpc) is 2.27. The summed E-state index contributed by atoms with van der Waals surface area (Å²) in [5.41, 5.74) is 0. The summed E-state index contributed by atoms with van der Waals surface area (Å²) in [6, 6.07) is 0. The molecule has 6 atom stereocenters. The molecule has 0 spiro atoms. The highest BCUT2D eigenvalue weighted by Gasteiger charge is 2.49. The van der Waals surface area contributed by atoms with Crippen molar-refractivity contribution in [3.8, 4) is 0 Å². The van der Waals surface area contributed by atoms with Crippen LogP contribution in [0.2, 0.25) is 0 Å². The lowest BCUT2D eigenvalue weighted by Gasteiger charge is -2.41. The summed E-state index contributed by atoms with van der Waals surface area (Å²) in [5.74, 6) is 0. The second kappa shape index (κ2) is 5.88. The van der Waals surface area contributed by atoms with Crippen molar-refractivity contribution in [3.05, 3.63) is 0 Å². The molecule has 0 aromatic rings. The highest BCUT2D eigenvalue weighted by Crippen LogP contribution is 2.41. The monoisotopic (exact) mass is 290 g/mol. The number of rotatable bonds is 4. The number of ether oxygens (including phenoxy) is 1. The number of phosphoric acid groups is 1. The number of aliphatic hydroxyl groups is 5. The van der Waals surface area contributed by atoms with Gasteiger partial charge in [0.25, 0.3) is 0 Å². The minimum atomic E-state index is -5.03. The molecule has 18 heavy (non-hydrogen) atoms. The van der Waals surface area contributed by atoms with E-state index in [1.807, 2.05) is 0 Å². The van der Waals surface area contributed by atoms with Crippen molar-refractivity contribution in [2.24, 2.45) is 0 Å². The van der Waals surface area contributed by atoms with Gasteiger partial charge in [-0.3, -0.25) is 4.52 Å². The van der Waals surface area contributed by atoms with E-state index in [2.05, 4.69) is 9.26 Å². The molecule has 1 fully saturated rings. The second-order valence-corrected chi connectivity index (χ2v) is 4.97. The number of phosphoric ester groups is 1. The maximum Gasteiger partial charge on any atom is 0.470 e. The number of hydrogen-bond donors (Lipinski definition) is 7. The Morgan fingerprint density at radius 2 is 1.78 bits per heavy atom. The van der Waals surface area contributed by atoms with Gasteiger partial charge in [0.2, 0.25) is 0 Å². The van der Waals surface area contributed by atoms with E-state index in [4.69, 9.17) is 14.9 Å². The molecule has 0 aliphatic carbocycles. The van der Waals surface area contributed by atoms with Crippen LogP contribution in [0, 0.1) is 0 Å². The van der Waals surface area contributed by atoms with Gasteiger partial charge in [0.1, 0.15) is 30.5 Å². The average molecular weight is 290 g/mol. The van der Waals surface area contributed by atoms with Gasteiger partial charge in [0, 0.05) is 0 Å². The Bertz CT molecular complexity index is 317. The van der Waals surface area contributed by atoms with Gasteiger partial charge in [0.15, 0.2) is 6.29 Å². The van der Waals surface area contributed by atoms with Crippen LogP contribution in [0.5, 0.6) is 0 Å². The first-order valence-electron chi connectivity index (χ1n) is 4.90. The van der Waals surface area contributed by atoms with E-state index in [0.29, 0.717) is 0 Å². The van der Waals surface area contributed by atoms with E-state index in [0.717, 1.165) is 0 Å². The van der Waals surface area contributed by atoms with Crippen LogP contribution in [0.3, 0.4) is 0 Å². The predicted molar refractivity (Wildman–Crippen MR) is 52.9 cm³/mol. The van der Waals surface area contributed by atoms with E-state index in [-0.39, 0.29) is 0 Å². The highest BCUT2D eigenvalue weighted by molar-refractivity contribution is 7.46. The molecule has 1 aliphatic rings. The molecular formula is C7H15O10P. The summed E-state index contributed by atoms with van der Waals surface area (Å²) in [4.78, 5) is 17.3. The van der Waals surface area contributed by atoms with Crippen molar-refractivity contribution in [1.29, 1.82) is 0 Å². The second-order valence-electron chi connectivity index (χ2n) is 3.78. The van der Waals surface area contributed by atoms with Gasteiger partial charge in [-0.2, -0.15) is 0 Å². The molecule has 1 saturated heterocycles. The third-order valence-electron chi connectivity index (χ3n) is 2.42.